The Morgan fingerprint density at radius 2 is 1.52 bits per heavy atom. The third-order valence-electron chi connectivity index (χ3n) is 6.39. The molecule has 170 valence electrons. The van der Waals surface area contributed by atoms with Gasteiger partial charge in [0.15, 0.2) is 5.75 Å². The van der Waals surface area contributed by atoms with Gasteiger partial charge in [-0.3, -0.25) is 4.79 Å². The molecule has 0 spiro atoms. The van der Waals surface area contributed by atoms with Crippen molar-refractivity contribution in [3.63, 3.8) is 0 Å². The van der Waals surface area contributed by atoms with Crippen LogP contribution < -0.4 is 10.2 Å². The van der Waals surface area contributed by atoms with Gasteiger partial charge in [-0.1, -0.05) is 106 Å². The van der Waals surface area contributed by atoms with Crippen molar-refractivity contribution in [3.05, 3.63) is 101 Å². The predicted molar refractivity (Wildman–Crippen MR) is 138 cm³/mol. The van der Waals surface area contributed by atoms with Gasteiger partial charge >= 0.3 is 0 Å². The number of rotatable bonds is 10. The van der Waals surface area contributed by atoms with Crippen molar-refractivity contribution in [2.24, 2.45) is 5.92 Å². The van der Waals surface area contributed by atoms with E-state index < -0.39 is 0 Å². The molecular formula is C30H33NO2. The lowest BCUT2D eigenvalue weighted by molar-refractivity contribution is 0.301. The van der Waals surface area contributed by atoms with Gasteiger partial charge in [-0.15, -0.1) is 0 Å². The lowest BCUT2D eigenvalue weighted by Crippen LogP contribution is -2.20. The third-order valence-corrected chi connectivity index (χ3v) is 6.39. The summed E-state index contributed by atoms with van der Waals surface area (Å²) in [5.74, 6) is 0.981. The molecule has 0 radical (unpaired) electrons. The molecule has 0 aliphatic heterocycles. The first-order chi connectivity index (χ1) is 16.2. The molecule has 0 saturated heterocycles. The Kier molecular flexibility index (Phi) is 7.62. The second-order valence-corrected chi connectivity index (χ2v) is 8.69. The maximum absolute atomic E-state index is 13.7. The van der Waals surface area contributed by atoms with Crippen LogP contribution in [0.2, 0.25) is 0 Å². The highest BCUT2D eigenvalue weighted by atomic mass is 16.5. The highest BCUT2D eigenvalue weighted by Gasteiger charge is 2.21. The topological polar surface area (TPSA) is 31.2 Å². The summed E-state index contributed by atoms with van der Waals surface area (Å²) in [5, 5.41) is 0.714. The lowest BCUT2D eigenvalue weighted by atomic mass is 9.97. The number of benzene rings is 3. The van der Waals surface area contributed by atoms with Gasteiger partial charge in [0, 0.05) is 17.5 Å². The summed E-state index contributed by atoms with van der Waals surface area (Å²) < 4.78 is 8.65. The van der Waals surface area contributed by atoms with Crippen LogP contribution in [0.5, 0.6) is 5.75 Å². The number of unbranched alkanes of at least 4 members (excludes halogenated alkanes) is 1. The molecule has 1 unspecified atom stereocenters. The molecule has 0 N–H and O–H groups in total. The van der Waals surface area contributed by atoms with E-state index >= 15 is 0 Å². The van der Waals surface area contributed by atoms with Crippen molar-refractivity contribution in [2.45, 2.75) is 52.7 Å². The molecule has 33 heavy (non-hydrogen) atoms. The molecule has 4 aromatic rings. The van der Waals surface area contributed by atoms with Gasteiger partial charge in [-0.05, 0) is 30.0 Å². The predicted octanol–water partition coefficient (Wildman–Crippen LogP) is 7.46. The van der Waals surface area contributed by atoms with Gasteiger partial charge in [0.1, 0.15) is 6.61 Å². The summed E-state index contributed by atoms with van der Waals surface area (Å²) in [7, 11) is 0. The minimum atomic E-state index is -0.0433. The minimum Gasteiger partial charge on any atom is -0.483 e. The molecule has 1 aromatic heterocycles. The Morgan fingerprint density at radius 3 is 2.21 bits per heavy atom. The highest BCUT2D eigenvalue weighted by Crippen LogP contribution is 2.33. The fraction of sp³-hybridized carbons (Fsp3) is 0.300. The van der Waals surface area contributed by atoms with Crippen LogP contribution >= 0.6 is 0 Å². The summed E-state index contributed by atoms with van der Waals surface area (Å²) >= 11 is 0. The van der Waals surface area contributed by atoms with Gasteiger partial charge < -0.3 is 9.30 Å². The quantitative estimate of drug-likeness (QED) is 0.257. The van der Waals surface area contributed by atoms with Crippen LogP contribution in [0.1, 0.15) is 45.1 Å². The summed E-state index contributed by atoms with van der Waals surface area (Å²) in [5.41, 5.74) is 3.87. The average molecular weight is 440 g/mol. The number of fused-ring (bicyclic) bond motifs is 1. The number of pyridine rings is 1. The van der Waals surface area contributed by atoms with Crippen LogP contribution in [0.3, 0.4) is 0 Å². The van der Waals surface area contributed by atoms with Crippen LogP contribution in [0.4, 0.5) is 0 Å². The average Bonchev–Trinajstić information content (AvgIpc) is 2.88. The van der Waals surface area contributed by atoms with Crippen molar-refractivity contribution in [3.8, 4) is 17.0 Å². The summed E-state index contributed by atoms with van der Waals surface area (Å²) in [6.07, 6.45) is 4.70. The Balaban J connectivity index is 1.90. The van der Waals surface area contributed by atoms with E-state index in [9.17, 15) is 4.79 Å². The van der Waals surface area contributed by atoms with E-state index in [-0.39, 0.29) is 5.43 Å². The number of nitrogens with zero attached hydrogens (tertiary/aromatic N) is 1. The molecule has 0 saturated carbocycles. The first kappa shape index (κ1) is 22.8. The largest absolute Gasteiger partial charge is 0.483 e. The maximum Gasteiger partial charge on any atom is 0.231 e. The van der Waals surface area contributed by atoms with E-state index in [1.54, 1.807) is 0 Å². The van der Waals surface area contributed by atoms with E-state index in [1.807, 2.05) is 66.7 Å². The van der Waals surface area contributed by atoms with E-state index in [0.717, 1.165) is 35.3 Å². The van der Waals surface area contributed by atoms with Crippen LogP contribution in [-0.2, 0) is 13.2 Å². The van der Waals surface area contributed by atoms with Crippen molar-refractivity contribution in [2.75, 3.05) is 0 Å². The van der Waals surface area contributed by atoms with E-state index in [2.05, 4.69) is 36.6 Å². The number of aromatic nitrogens is 1. The number of ether oxygens (including phenoxy) is 1. The fourth-order valence-corrected chi connectivity index (χ4v) is 4.49. The molecule has 1 atom stereocenters. The van der Waals surface area contributed by atoms with Gasteiger partial charge in [0.05, 0.1) is 11.2 Å². The molecule has 3 heteroatoms. The third kappa shape index (κ3) is 5.19. The Morgan fingerprint density at radius 1 is 0.848 bits per heavy atom. The Labute approximate surface area is 196 Å². The second-order valence-electron chi connectivity index (χ2n) is 8.69. The van der Waals surface area contributed by atoms with Crippen molar-refractivity contribution < 1.29 is 4.74 Å². The molecule has 4 rings (SSSR count). The zero-order chi connectivity index (χ0) is 23.0. The van der Waals surface area contributed by atoms with Crippen LogP contribution in [-0.4, -0.2) is 4.57 Å². The number of hydrogen-bond donors (Lipinski definition) is 0. The number of para-hydroxylation sites is 1. The molecule has 1 heterocycles. The molecule has 0 bridgehead atoms. The summed E-state index contributed by atoms with van der Waals surface area (Å²) in [6, 6.07) is 28.2. The first-order valence-electron chi connectivity index (χ1n) is 12.1. The summed E-state index contributed by atoms with van der Waals surface area (Å²) in [6.45, 7) is 5.73. The summed E-state index contributed by atoms with van der Waals surface area (Å²) in [4.78, 5) is 13.7. The molecule has 0 aliphatic carbocycles. The molecule has 0 fully saturated rings. The minimum absolute atomic E-state index is 0.0433. The van der Waals surface area contributed by atoms with Gasteiger partial charge in [0.25, 0.3) is 0 Å². The smallest absolute Gasteiger partial charge is 0.231 e. The normalized spacial score (nSPS) is 12.1. The van der Waals surface area contributed by atoms with Crippen LogP contribution in [0.15, 0.2) is 89.7 Å². The van der Waals surface area contributed by atoms with Gasteiger partial charge in [0.2, 0.25) is 5.43 Å². The zero-order valence-corrected chi connectivity index (χ0v) is 19.7. The fourth-order valence-electron chi connectivity index (χ4n) is 4.49. The number of hydrogen-bond acceptors (Lipinski definition) is 2. The van der Waals surface area contributed by atoms with Crippen molar-refractivity contribution in [1.82, 2.24) is 4.57 Å². The molecule has 3 aromatic carbocycles. The second kappa shape index (κ2) is 11.0. The molecule has 3 nitrogen and oxygen atoms in total. The highest BCUT2D eigenvalue weighted by molar-refractivity contribution is 5.86. The Hall–Kier alpha value is -3.33. The first-order valence-corrected chi connectivity index (χ1v) is 12.1. The molecular weight excluding hydrogens is 406 g/mol. The zero-order valence-electron chi connectivity index (χ0n) is 19.7. The monoisotopic (exact) mass is 439 g/mol. The van der Waals surface area contributed by atoms with Crippen LogP contribution in [0.25, 0.3) is 22.2 Å². The van der Waals surface area contributed by atoms with E-state index in [4.69, 9.17) is 4.74 Å². The van der Waals surface area contributed by atoms with E-state index in [0.29, 0.717) is 23.7 Å². The van der Waals surface area contributed by atoms with Gasteiger partial charge in [-0.2, -0.15) is 0 Å². The van der Waals surface area contributed by atoms with E-state index in [1.165, 1.54) is 19.3 Å². The molecule has 0 aliphatic rings. The standard InChI is InChI=1S/C30H33NO2/c1-3-5-14-23(4-2)21-31-27-20-13-12-19-26(27)29(32)30(28(31)25-17-10-7-11-18-25)33-22-24-15-8-6-9-16-24/h6-13,15-20,23H,3-5,14,21-22H2,1-2H3. The van der Waals surface area contributed by atoms with Crippen LogP contribution in [0, 0.1) is 5.92 Å². The van der Waals surface area contributed by atoms with Crippen molar-refractivity contribution >= 4 is 10.9 Å². The SMILES string of the molecule is CCCCC(CC)Cn1c(-c2ccccc2)c(OCc2ccccc2)c(=O)c2ccccc21. The lowest BCUT2D eigenvalue weighted by Gasteiger charge is -2.24. The Bertz CT molecular complexity index is 1230. The molecule has 0 amide bonds. The van der Waals surface area contributed by atoms with Crippen molar-refractivity contribution in [1.29, 1.82) is 0 Å². The van der Waals surface area contributed by atoms with Gasteiger partial charge in [-0.25, -0.2) is 0 Å². The maximum atomic E-state index is 13.7.